The van der Waals surface area contributed by atoms with Crippen LogP contribution in [0.2, 0.25) is 0 Å². The zero-order valence-electron chi connectivity index (χ0n) is 4.64. The quantitative estimate of drug-likeness (QED) is 0.644. The molecule has 0 radical (unpaired) electrons. The molecule has 0 aliphatic carbocycles. The summed E-state index contributed by atoms with van der Waals surface area (Å²) in [5.74, 6) is -1.03. The maximum absolute atomic E-state index is 10.1. The fraction of sp³-hybridized carbons (Fsp3) is 0.750. The number of methoxy groups -OCH3 is 1. The second-order valence-corrected chi connectivity index (χ2v) is 2.94. The first-order valence-electron chi connectivity index (χ1n) is 1.98. The highest BCUT2D eigenvalue weighted by Crippen LogP contribution is 2.16. The van der Waals surface area contributed by atoms with Crippen molar-refractivity contribution in [3.63, 3.8) is 0 Å². The van der Waals surface area contributed by atoms with Crippen molar-refractivity contribution in [2.24, 2.45) is 0 Å². The Bertz CT molecular complexity index is 99.5. The summed E-state index contributed by atoms with van der Waals surface area (Å²) in [7, 11) is 1.32. The predicted octanol–water partition coefficient (Wildman–Crippen LogP) is 0.829. The smallest absolute Gasteiger partial charge is 0.346 e. The minimum absolute atomic E-state index is 1.03. The van der Waals surface area contributed by atoms with Gasteiger partial charge in [0.15, 0.2) is 0 Å². The molecule has 0 aromatic carbocycles. The van der Waals surface area contributed by atoms with Crippen LogP contribution in [0.25, 0.3) is 0 Å². The first-order chi connectivity index (χ1) is 3.50. The van der Waals surface area contributed by atoms with Gasteiger partial charge in [0, 0.05) is 7.11 Å². The number of carboxylic acids is 1. The van der Waals surface area contributed by atoms with Gasteiger partial charge in [-0.2, -0.15) is 0 Å². The highest BCUT2D eigenvalue weighted by molar-refractivity contribution is 9.10. The van der Waals surface area contributed by atoms with E-state index < -0.39 is 10.5 Å². The second kappa shape index (κ2) is 2.46. The van der Waals surface area contributed by atoms with Crippen LogP contribution in [0.15, 0.2) is 0 Å². The summed E-state index contributed by atoms with van der Waals surface area (Å²) < 4.78 is 3.29. The third-order valence-electron chi connectivity index (χ3n) is 0.765. The molecule has 0 spiro atoms. The Morgan fingerprint density at radius 3 is 2.25 bits per heavy atom. The zero-order valence-corrected chi connectivity index (χ0v) is 6.23. The van der Waals surface area contributed by atoms with E-state index in [1.165, 1.54) is 14.0 Å². The average Bonchev–Trinajstić information content (AvgIpc) is 1.67. The lowest BCUT2D eigenvalue weighted by atomic mass is 10.4. The van der Waals surface area contributed by atoms with Gasteiger partial charge in [-0.15, -0.1) is 0 Å². The number of alkyl halides is 1. The number of carboxylic acid groups (broad SMARTS) is 1. The SMILES string of the molecule is COC(C)(Br)C(=O)O. The molecule has 8 heavy (non-hydrogen) atoms. The number of aliphatic carboxylic acids is 1. The molecule has 0 aromatic heterocycles. The summed E-state index contributed by atoms with van der Waals surface area (Å²) in [5, 5.41) is 8.27. The van der Waals surface area contributed by atoms with E-state index >= 15 is 0 Å². The van der Waals surface area contributed by atoms with E-state index in [1.807, 2.05) is 0 Å². The Morgan fingerprint density at radius 2 is 2.25 bits per heavy atom. The van der Waals surface area contributed by atoms with Gasteiger partial charge >= 0.3 is 5.97 Å². The number of rotatable bonds is 2. The van der Waals surface area contributed by atoms with Gasteiger partial charge in [0.1, 0.15) is 0 Å². The first kappa shape index (κ1) is 7.91. The Morgan fingerprint density at radius 1 is 1.88 bits per heavy atom. The molecular formula is C4H7BrO3. The summed E-state index contributed by atoms with van der Waals surface area (Å²) in [6, 6.07) is 0. The molecule has 0 amide bonds. The summed E-state index contributed by atoms with van der Waals surface area (Å²) >= 11 is 2.82. The number of halogens is 1. The maximum atomic E-state index is 10.1. The molecule has 0 saturated heterocycles. The van der Waals surface area contributed by atoms with Crippen molar-refractivity contribution in [2.75, 3.05) is 7.11 Å². The van der Waals surface area contributed by atoms with Crippen LogP contribution in [-0.2, 0) is 9.53 Å². The zero-order chi connectivity index (χ0) is 6.78. The normalized spacial score (nSPS) is 17.4. The molecule has 1 N–H and O–H groups in total. The molecule has 0 saturated carbocycles. The Balaban J connectivity index is 3.91. The second-order valence-electron chi connectivity index (χ2n) is 1.43. The summed E-state index contributed by atoms with van der Waals surface area (Å²) in [4.78, 5) is 10.1. The van der Waals surface area contributed by atoms with Crippen LogP contribution in [0, 0.1) is 0 Å². The molecule has 0 aliphatic rings. The fourth-order valence-corrected chi connectivity index (χ4v) is 0.0873. The summed E-state index contributed by atoms with van der Waals surface area (Å²) in [6.07, 6.45) is 0. The van der Waals surface area contributed by atoms with Crippen LogP contribution in [0.5, 0.6) is 0 Å². The number of hydrogen-bond donors (Lipinski definition) is 1. The highest BCUT2D eigenvalue weighted by Gasteiger charge is 2.28. The lowest BCUT2D eigenvalue weighted by Crippen LogP contribution is -2.29. The van der Waals surface area contributed by atoms with Crippen molar-refractivity contribution < 1.29 is 14.6 Å². The van der Waals surface area contributed by atoms with E-state index in [2.05, 4.69) is 20.7 Å². The van der Waals surface area contributed by atoms with Gasteiger partial charge in [-0.3, -0.25) is 0 Å². The Kier molecular flexibility index (Phi) is 2.43. The van der Waals surface area contributed by atoms with Crippen molar-refractivity contribution in [2.45, 2.75) is 11.4 Å². The fourth-order valence-electron chi connectivity index (χ4n) is 0.0873. The standard InChI is InChI=1S/C4H7BrO3/c1-4(5,8-2)3(6)7/h1-2H3,(H,6,7). The van der Waals surface area contributed by atoms with E-state index in [4.69, 9.17) is 5.11 Å². The minimum atomic E-state index is -1.23. The largest absolute Gasteiger partial charge is 0.478 e. The van der Waals surface area contributed by atoms with Gasteiger partial charge in [0.05, 0.1) is 0 Å². The van der Waals surface area contributed by atoms with Gasteiger partial charge in [0.2, 0.25) is 4.51 Å². The lowest BCUT2D eigenvalue weighted by Gasteiger charge is -2.13. The van der Waals surface area contributed by atoms with Gasteiger partial charge in [0.25, 0.3) is 0 Å². The van der Waals surface area contributed by atoms with Crippen molar-refractivity contribution in [1.29, 1.82) is 0 Å². The topological polar surface area (TPSA) is 46.5 Å². The molecule has 0 heterocycles. The number of hydrogen-bond acceptors (Lipinski definition) is 2. The first-order valence-corrected chi connectivity index (χ1v) is 2.77. The van der Waals surface area contributed by atoms with Gasteiger partial charge < -0.3 is 9.84 Å². The monoisotopic (exact) mass is 182 g/mol. The molecule has 3 nitrogen and oxygen atoms in total. The van der Waals surface area contributed by atoms with E-state index in [0.29, 0.717) is 0 Å². The van der Waals surface area contributed by atoms with Crippen LogP contribution >= 0.6 is 15.9 Å². The molecule has 1 unspecified atom stereocenters. The molecule has 0 fully saturated rings. The maximum Gasteiger partial charge on any atom is 0.346 e. The third-order valence-corrected chi connectivity index (χ3v) is 1.43. The number of carbonyl (C=O) groups is 1. The Labute approximate surface area is 55.8 Å². The molecule has 48 valence electrons. The molecule has 0 rings (SSSR count). The van der Waals surface area contributed by atoms with Crippen LogP contribution in [0.3, 0.4) is 0 Å². The van der Waals surface area contributed by atoms with Gasteiger partial charge in [-0.1, -0.05) is 0 Å². The predicted molar refractivity (Wildman–Crippen MR) is 32.0 cm³/mol. The third kappa shape index (κ3) is 1.79. The van der Waals surface area contributed by atoms with Gasteiger partial charge in [-0.05, 0) is 22.9 Å². The van der Waals surface area contributed by atoms with Crippen LogP contribution < -0.4 is 0 Å². The van der Waals surface area contributed by atoms with E-state index in [-0.39, 0.29) is 0 Å². The Hall–Kier alpha value is -0.0900. The average molecular weight is 183 g/mol. The van der Waals surface area contributed by atoms with E-state index in [9.17, 15) is 4.79 Å². The van der Waals surface area contributed by atoms with E-state index in [1.54, 1.807) is 0 Å². The van der Waals surface area contributed by atoms with Gasteiger partial charge in [-0.25, -0.2) is 4.79 Å². The van der Waals surface area contributed by atoms with Crippen molar-refractivity contribution in [1.82, 2.24) is 0 Å². The van der Waals surface area contributed by atoms with Crippen molar-refractivity contribution >= 4 is 21.9 Å². The highest BCUT2D eigenvalue weighted by atomic mass is 79.9. The summed E-state index contributed by atoms with van der Waals surface area (Å²) in [5.41, 5.74) is 0. The van der Waals surface area contributed by atoms with Crippen molar-refractivity contribution in [3.05, 3.63) is 0 Å². The molecule has 0 aliphatic heterocycles. The molecule has 0 aromatic rings. The molecule has 0 bridgehead atoms. The van der Waals surface area contributed by atoms with E-state index in [0.717, 1.165) is 0 Å². The lowest BCUT2D eigenvalue weighted by molar-refractivity contribution is -0.149. The minimum Gasteiger partial charge on any atom is -0.478 e. The van der Waals surface area contributed by atoms with Crippen LogP contribution in [-0.4, -0.2) is 22.7 Å². The van der Waals surface area contributed by atoms with Crippen LogP contribution in [0.4, 0.5) is 0 Å². The summed E-state index contributed by atoms with van der Waals surface area (Å²) in [6.45, 7) is 1.41. The molecule has 1 atom stereocenters. The molecular weight excluding hydrogens is 176 g/mol. The number of ether oxygens (including phenoxy) is 1. The molecule has 4 heteroatoms. The van der Waals surface area contributed by atoms with Crippen LogP contribution in [0.1, 0.15) is 6.92 Å². The van der Waals surface area contributed by atoms with Crippen molar-refractivity contribution in [3.8, 4) is 0 Å².